The van der Waals surface area contributed by atoms with Gasteiger partial charge in [-0.2, -0.15) is 0 Å². The van der Waals surface area contributed by atoms with Gasteiger partial charge >= 0.3 is 0 Å². The number of amidine groups is 1. The summed E-state index contributed by atoms with van der Waals surface area (Å²) in [6, 6.07) is 17.1. The molecule has 1 fully saturated rings. The number of rotatable bonds is 4. The highest BCUT2D eigenvalue weighted by Crippen LogP contribution is 2.42. The first-order valence-electron chi connectivity index (χ1n) is 9.31. The number of thioether (sulfide) groups is 2. The fourth-order valence-electron chi connectivity index (χ4n) is 3.01. The van der Waals surface area contributed by atoms with Gasteiger partial charge in [0, 0.05) is 25.9 Å². The molecule has 2 heterocycles. The molecular weight excluding hydrogens is 416 g/mol. The molecule has 0 radical (unpaired) electrons. The minimum absolute atomic E-state index is 0.0458. The quantitative estimate of drug-likeness (QED) is 0.702. The van der Waals surface area contributed by atoms with E-state index in [2.05, 4.69) is 5.32 Å². The van der Waals surface area contributed by atoms with E-state index < -0.39 is 0 Å². The van der Waals surface area contributed by atoms with Crippen molar-refractivity contribution in [1.82, 2.24) is 9.80 Å². The van der Waals surface area contributed by atoms with Crippen molar-refractivity contribution in [3.63, 3.8) is 0 Å². The number of carbonyl (C=O) groups excluding carboxylic acids is 2. The summed E-state index contributed by atoms with van der Waals surface area (Å²) in [5, 5.41) is 6.26. The van der Waals surface area contributed by atoms with Gasteiger partial charge in [0.15, 0.2) is 5.17 Å². The van der Waals surface area contributed by atoms with E-state index >= 15 is 0 Å². The molecule has 0 spiro atoms. The lowest BCUT2D eigenvalue weighted by molar-refractivity contribution is -0.122. The van der Waals surface area contributed by atoms with Crippen molar-refractivity contribution in [1.29, 1.82) is 0 Å². The van der Waals surface area contributed by atoms with Crippen LogP contribution in [0.4, 0.5) is 11.4 Å². The van der Waals surface area contributed by atoms with E-state index in [-0.39, 0.29) is 11.8 Å². The van der Waals surface area contributed by atoms with Gasteiger partial charge in [-0.25, -0.2) is 4.99 Å². The maximum absolute atomic E-state index is 13.3. The maximum Gasteiger partial charge on any atom is 0.269 e. The first-order valence-corrected chi connectivity index (χ1v) is 11.0. The average molecular weight is 437 g/mol. The van der Waals surface area contributed by atoms with E-state index in [0.717, 1.165) is 10.6 Å². The smallest absolute Gasteiger partial charge is 0.269 e. The summed E-state index contributed by atoms with van der Waals surface area (Å²) >= 11 is 2.93. The number of nitrogens with one attached hydrogen (secondary N) is 1. The van der Waals surface area contributed by atoms with Crippen molar-refractivity contribution in [2.45, 2.75) is 13.5 Å². The number of hydrogen-bond donors (Lipinski definition) is 1. The molecule has 0 bridgehead atoms. The number of carbonyl (C=O) groups is 2. The molecule has 6 nitrogen and oxygen atoms in total. The number of anilines is 1. The second-order valence-electron chi connectivity index (χ2n) is 6.75. The highest BCUT2D eigenvalue weighted by molar-refractivity contribution is 8.19. The van der Waals surface area contributed by atoms with Crippen LogP contribution in [0.1, 0.15) is 12.5 Å². The van der Waals surface area contributed by atoms with Gasteiger partial charge in [0.25, 0.3) is 5.91 Å². The van der Waals surface area contributed by atoms with Gasteiger partial charge in [-0.3, -0.25) is 14.5 Å². The average Bonchev–Trinajstić information content (AvgIpc) is 3.28. The molecule has 1 saturated heterocycles. The van der Waals surface area contributed by atoms with Crippen LogP contribution < -0.4 is 5.32 Å². The molecular formula is C22H20N4O2S2. The normalized spacial score (nSPS) is 19.8. The van der Waals surface area contributed by atoms with Gasteiger partial charge in [0.2, 0.25) is 5.91 Å². The molecule has 152 valence electrons. The Morgan fingerprint density at radius 3 is 2.47 bits per heavy atom. The van der Waals surface area contributed by atoms with Crippen LogP contribution in [0.15, 0.2) is 81.1 Å². The number of nitrogens with zero attached hydrogens (tertiary/aromatic N) is 3. The molecule has 2 aromatic carbocycles. The number of amides is 2. The van der Waals surface area contributed by atoms with E-state index in [9.17, 15) is 9.59 Å². The predicted molar refractivity (Wildman–Crippen MR) is 124 cm³/mol. The van der Waals surface area contributed by atoms with Gasteiger partial charge in [-0.15, -0.1) is 0 Å². The highest BCUT2D eigenvalue weighted by atomic mass is 32.2. The van der Waals surface area contributed by atoms with Crippen LogP contribution in [0.3, 0.4) is 0 Å². The molecule has 2 amide bonds. The predicted octanol–water partition coefficient (Wildman–Crippen LogP) is 4.73. The molecule has 0 aromatic heterocycles. The van der Waals surface area contributed by atoms with Gasteiger partial charge in [0.1, 0.15) is 4.91 Å². The fraction of sp³-hybridized carbons (Fsp3) is 0.136. The summed E-state index contributed by atoms with van der Waals surface area (Å²) < 4.78 is 0. The van der Waals surface area contributed by atoms with Crippen LogP contribution >= 0.6 is 23.5 Å². The van der Waals surface area contributed by atoms with Crippen molar-refractivity contribution in [2.75, 3.05) is 12.4 Å². The fourth-order valence-corrected chi connectivity index (χ4v) is 5.09. The van der Waals surface area contributed by atoms with Crippen molar-refractivity contribution in [2.24, 2.45) is 4.99 Å². The van der Waals surface area contributed by atoms with Crippen LogP contribution in [0, 0.1) is 0 Å². The molecule has 0 unspecified atom stereocenters. The zero-order valence-electron chi connectivity index (χ0n) is 16.5. The van der Waals surface area contributed by atoms with Crippen molar-refractivity contribution in [3.8, 4) is 0 Å². The lowest BCUT2D eigenvalue weighted by Gasteiger charge is -2.16. The zero-order chi connectivity index (χ0) is 21.1. The third-order valence-electron chi connectivity index (χ3n) is 4.44. The van der Waals surface area contributed by atoms with E-state index in [1.165, 1.54) is 30.4 Å². The molecule has 2 aliphatic rings. The van der Waals surface area contributed by atoms with Gasteiger partial charge < -0.3 is 10.2 Å². The first-order chi connectivity index (χ1) is 14.5. The summed E-state index contributed by atoms with van der Waals surface area (Å²) in [5.74, 6) is -0.168. The van der Waals surface area contributed by atoms with Crippen LogP contribution in [0.25, 0.3) is 0 Å². The third-order valence-corrected chi connectivity index (χ3v) is 6.61. The molecule has 0 atom stereocenters. The van der Waals surface area contributed by atoms with Crippen molar-refractivity contribution in [3.05, 3.63) is 81.7 Å². The minimum atomic E-state index is -0.122. The summed E-state index contributed by atoms with van der Waals surface area (Å²) in [6.07, 6.45) is 1.94. The lowest BCUT2D eigenvalue weighted by Crippen LogP contribution is -2.29. The molecule has 0 saturated carbocycles. The largest absolute Gasteiger partial charge is 0.344 e. The Hall–Kier alpha value is -2.97. The van der Waals surface area contributed by atoms with E-state index in [4.69, 9.17) is 4.99 Å². The molecule has 2 aromatic rings. The van der Waals surface area contributed by atoms with E-state index in [1.807, 2.05) is 66.0 Å². The highest BCUT2D eigenvalue weighted by Gasteiger charge is 2.37. The minimum Gasteiger partial charge on any atom is -0.344 e. The maximum atomic E-state index is 13.3. The first kappa shape index (κ1) is 20.3. The SMILES string of the molecule is CC(=O)Nc1ccc(N=C2SC(=C3SC=CN3C)C(=O)N2Cc2ccccc2)cc1. The molecule has 8 heteroatoms. The molecule has 1 N–H and O–H groups in total. The summed E-state index contributed by atoms with van der Waals surface area (Å²) in [6.45, 7) is 1.92. The van der Waals surface area contributed by atoms with Crippen LogP contribution in [0.2, 0.25) is 0 Å². The number of benzene rings is 2. The van der Waals surface area contributed by atoms with Gasteiger partial charge in [-0.05, 0) is 47.0 Å². The number of hydrogen-bond acceptors (Lipinski definition) is 6. The summed E-state index contributed by atoms with van der Waals surface area (Å²) in [5.41, 5.74) is 2.46. The second kappa shape index (κ2) is 8.81. The van der Waals surface area contributed by atoms with Crippen LogP contribution in [0.5, 0.6) is 0 Å². The number of aliphatic imine (C=N–C) groups is 1. The Kier molecular flexibility index (Phi) is 5.96. The van der Waals surface area contributed by atoms with Crippen molar-refractivity contribution < 1.29 is 9.59 Å². The topological polar surface area (TPSA) is 65.0 Å². The second-order valence-corrected chi connectivity index (χ2v) is 8.62. The monoisotopic (exact) mass is 436 g/mol. The van der Waals surface area contributed by atoms with Crippen LogP contribution in [-0.4, -0.2) is 33.8 Å². The summed E-state index contributed by atoms with van der Waals surface area (Å²) in [4.78, 5) is 33.6. The van der Waals surface area contributed by atoms with Crippen molar-refractivity contribution >= 4 is 51.9 Å². The summed E-state index contributed by atoms with van der Waals surface area (Å²) in [7, 11) is 1.93. The zero-order valence-corrected chi connectivity index (χ0v) is 18.2. The van der Waals surface area contributed by atoms with E-state index in [1.54, 1.807) is 17.0 Å². The molecule has 4 rings (SSSR count). The Morgan fingerprint density at radius 1 is 1.10 bits per heavy atom. The van der Waals surface area contributed by atoms with E-state index in [0.29, 0.717) is 28.0 Å². The molecule has 0 aliphatic carbocycles. The van der Waals surface area contributed by atoms with Crippen LogP contribution in [-0.2, 0) is 16.1 Å². The Balaban J connectivity index is 1.66. The Labute approximate surface area is 183 Å². The third kappa shape index (κ3) is 4.44. The van der Waals surface area contributed by atoms with Gasteiger partial charge in [0.05, 0.1) is 17.3 Å². The molecule has 30 heavy (non-hydrogen) atoms. The standard InChI is InChI=1S/C22H20N4O2S2/c1-15(27)23-17-8-10-18(11-9-17)24-22-26(14-16-6-4-3-5-7-16)20(28)19(30-22)21-25(2)12-13-29-21/h3-13H,14H2,1-2H3,(H,23,27). The Morgan fingerprint density at radius 2 is 1.83 bits per heavy atom. The van der Waals surface area contributed by atoms with Gasteiger partial charge in [-0.1, -0.05) is 42.1 Å². The Bertz CT molecular complexity index is 1060. The lowest BCUT2D eigenvalue weighted by atomic mass is 10.2. The molecule has 2 aliphatic heterocycles.